The first-order valence-electron chi connectivity index (χ1n) is 11.6. The van der Waals surface area contributed by atoms with E-state index in [0.29, 0.717) is 29.5 Å². The van der Waals surface area contributed by atoms with Crippen LogP contribution in [0.4, 0.5) is 29.5 Å². The van der Waals surface area contributed by atoms with Gasteiger partial charge in [-0.2, -0.15) is 13.2 Å². The van der Waals surface area contributed by atoms with Crippen molar-refractivity contribution < 1.29 is 22.7 Å². The molecule has 0 radical (unpaired) electrons. The predicted octanol–water partition coefficient (Wildman–Crippen LogP) is 5.77. The second-order valence-corrected chi connectivity index (χ2v) is 9.21. The van der Waals surface area contributed by atoms with Crippen LogP contribution in [0.15, 0.2) is 66.9 Å². The van der Waals surface area contributed by atoms with Gasteiger partial charge in [0.15, 0.2) is 0 Å². The van der Waals surface area contributed by atoms with E-state index in [4.69, 9.17) is 16.3 Å². The van der Waals surface area contributed by atoms with E-state index in [9.17, 15) is 18.0 Å². The van der Waals surface area contributed by atoms with Gasteiger partial charge in [0, 0.05) is 43.1 Å². The number of nitrogens with zero attached hydrogens (tertiary/aromatic N) is 4. The maximum atomic E-state index is 13.5. The van der Waals surface area contributed by atoms with Gasteiger partial charge >= 0.3 is 12.2 Å². The largest absolute Gasteiger partial charge is 0.416 e. The molecule has 2 fully saturated rings. The molecule has 2 aromatic carbocycles. The van der Waals surface area contributed by atoms with Crippen molar-refractivity contribution in [2.24, 2.45) is 0 Å². The highest BCUT2D eigenvalue weighted by Crippen LogP contribution is 2.38. The number of alkyl halides is 3. The quantitative estimate of drug-likeness (QED) is 0.432. The average Bonchev–Trinajstić information content (AvgIpc) is 3.21. The summed E-state index contributed by atoms with van der Waals surface area (Å²) < 4.78 is 45.6. The third kappa shape index (κ3) is 5.12. The summed E-state index contributed by atoms with van der Waals surface area (Å²) in [6.45, 7) is 3.37. The van der Waals surface area contributed by atoms with E-state index in [0.717, 1.165) is 36.6 Å². The van der Waals surface area contributed by atoms with E-state index in [1.165, 1.54) is 11.0 Å². The summed E-state index contributed by atoms with van der Waals surface area (Å²) in [5.74, 6) is 0.847. The summed E-state index contributed by atoms with van der Waals surface area (Å²) in [5.41, 5.74) is 1.07. The maximum Gasteiger partial charge on any atom is 0.416 e. The molecule has 2 amide bonds. The number of anilines is 2. The standard InChI is InChI=1S/C26H24ClF3N4O2/c27-21-5-7-22(8-6-21)34-23(19-2-1-3-20(14-19)26(28,29)30)17-33(25(34)35)16-18-4-9-24(31-15-18)32-10-12-36-13-11-32/h1-9,14-15,23H,10-13,16-17H2. The number of amides is 2. The maximum absolute atomic E-state index is 13.5. The summed E-state index contributed by atoms with van der Waals surface area (Å²) >= 11 is 6.03. The Morgan fingerprint density at radius 2 is 1.78 bits per heavy atom. The van der Waals surface area contributed by atoms with E-state index in [1.807, 2.05) is 12.1 Å². The van der Waals surface area contributed by atoms with Crippen molar-refractivity contribution in [2.75, 3.05) is 42.6 Å². The van der Waals surface area contributed by atoms with E-state index in [2.05, 4.69) is 9.88 Å². The third-order valence-corrected chi connectivity index (χ3v) is 6.65. The predicted molar refractivity (Wildman–Crippen MR) is 131 cm³/mol. The van der Waals surface area contributed by atoms with Gasteiger partial charge in [0.1, 0.15) is 5.82 Å². The highest BCUT2D eigenvalue weighted by Gasteiger charge is 2.40. The Labute approximate surface area is 211 Å². The molecular formula is C26H24ClF3N4O2. The summed E-state index contributed by atoms with van der Waals surface area (Å²) in [7, 11) is 0. The van der Waals surface area contributed by atoms with Crippen LogP contribution in [-0.4, -0.2) is 48.8 Å². The van der Waals surface area contributed by atoms with E-state index in [-0.39, 0.29) is 19.1 Å². The van der Waals surface area contributed by atoms with Crippen molar-refractivity contribution in [2.45, 2.75) is 18.8 Å². The zero-order valence-corrected chi connectivity index (χ0v) is 20.0. The molecule has 10 heteroatoms. The van der Waals surface area contributed by atoms with E-state index < -0.39 is 17.8 Å². The molecule has 1 atom stereocenters. The number of morpholine rings is 1. The van der Waals surface area contributed by atoms with Crippen LogP contribution in [0.5, 0.6) is 0 Å². The monoisotopic (exact) mass is 516 g/mol. The highest BCUT2D eigenvalue weighted by molar-refractivity contribution is 6.30. The number of halogens is 4. The smallest absolute Gasteiger partial charge is 0.378 e. The fraction of sp³-hybridized carbons (Fsp3) is 0.308. The van der Waals surface area contributed by atoms with Crippen molar-refractivity contribution in [1.29, 1.82) is 0 Å². The van der Waals surface area contributed by atoms with Crippen molar-refractivity contribution in [1.82, 2.24) is 9.88 Å². The molecule has 5 rings (SSSR count). The molecule has 1 unspecified atom stereocenters. The molecule has 2 saturated heterocycles. The Morgan fingerprint density at radius 3 is 2.44 bits per heavy atom. The van der Waals surface area contributed by atoms with Crippen LogP contribution in [0.3, 0.4) is 0 Å². The van der Waals surface area contributed by atoms with Crippen molar-refractivity contribution in [3.8, 4) is 0 Å². The molecule has 1 aromatic heterocycles. The first-order valence-corrected chi connectivity index (χ1v) is 12.0. The van der Waals surface area contributed by atoms with Crippen LogP contribution in [0, 0.1) is 0 Å². The van der Waals surface area contributed by atoms with Crippen molar-refractivity contribution in [3.05, 3.63) is 88.6 Å². The molecule has 0 spiro atoms. The number of rotatable bonds is 5. The van der Waals surface area contributed by atoms with Gasteiger partial charge in [-0.1, -0.05) is 29.8 Å². The third-order valence-electron chi connectivity index (χ3n) is 6.40. The molecular weight excluding hydrogens is 493 g/mol. The number of urea groups is 1. The minimum Gasteiger partial charge on any atom is -0.378 e. The lowest BCUT2D eigenvalue weighted by molar-refractivity contribution is -0.137. The Hall–Kier alpha value is -3.30. The lowest BCUT2D eigenvalue weighted by Gasteiger charge is -2.27. The van der Waals surface area contributed by atoms with Crippen LogP contribution in [0.25, 0.3) is 0 Å². The number of benzene rings is 2. The fourth-order valence-electron chi connectivity index (χ4n) is 4.57. The minimum atomic E-state index is -4.47. The van der Waals surface area contributed by atoms with Gasteiger partial charge in [-0.25, -0.2) is 9.78 Å². The summed E-state index contributed by atoms with van der Waals surface area (Å²) in [4.78, 5) is 23.4. The molecule has 2 aliphatic rings. The fourth-order valence-corrected chi connectivity index (χ4v) is 4.69. The van der Waals surface area contributed by atoms with Crippen molar-refractivity contribution >= 4 is 29.1 Å². The Morgan fingerprint density at radius 1 is 1.03 bits per heavy atom. The Kier molecular flexibility index (Phi) is 6.77. The zero-order chi connectivity index (χ0) is 25.3. The zero-order valence-electron chi connectivity index (χ0n) is 19.3. The first kappa shape index (κ1) is 24.4. The molecule has 6 nitrogen and oxygen atoms in total. The Balaban J connectivity index is 1.41. The topological polar surface area (TPSA) is 48.9 Å². The van der Waals surface area contributed by atoms with Crippen LogP contribution >= 0.6 is 11.6 Å². The lowest BCUT2D eigenvalue weighted by Crippen LogP contribution is -2.36. The van der Waals surface area contributed by atoms with Crippen molar-refractivity contribution in [3.63, 3.8) is 0 Å². The normalized spacial score (nSPS) is 18.7. The van der Waals surface area contributed by atoms with Gasteiger partial charge < -0.3 is 14.5 Å². The SMILES string of the molecule is O=C1N(Cc2ccc(N3CCOCC3)nc2)CC(c2cccc(C(F)(F)F)c2)N1c1ccc(Cl)cc1. The van der Waals surface area contributed by atoms with Crippen LogP contribution in [-0.2, 0) is 17.5 Å². The molecule has 3 aromatic rings. The highest BCUT2D eigenvalue weighted by atomic mass is 35.5. The second kappa shape index (κ2) is 9.99. The summed E-state index contributed by atoms with van der Waals surface area (Å²) in [6, 6.07) is 14.8. The van der Waals surface area contributed by atoms with Crippen LogP contribution in [0.2, 0.25) is 5.02 Å². The first-order chi connectivity index (χ1) is 17.3. The molecule has 36 heavy (non-hydrogen) atoms. The molecule has 2 aliphatic heterocycles. The average molecular weight is 517 g/mol. The number of hydrogen-bond acceptors (Lipinski definition) is 4. The number of carbonyl (C=O) groups is 1. The van der Waals surface area contributed by atoms with Gasteiger partial charge in [0.05, 0.1) is 24.8 Å². The number of ether oxygens (including phenoxy) is 1. The van der Waals surface area contributed by atoms with Crippen LogP contribution in [0.1, 0.15) is 22.7 Å². The van der Waals surface area contributed by atoms with Gasteiger partial charge in [-0.3, -0.25) is 4.90 Å². The van der Waals surface area contributed by atoms with Gasteiger partial charge in [0.25, 0.3) is 0 Å². The molecule has 0 saturated carbocycles. The van der Waals surface area contributed by atoms with Gasteiger partial charge in [-0.05, 0) is 53.6 Å². The second-order valence-electron chi connectivity index (χ2n) is 8.77. The van der Waals surface area contributed by atoms with E-state index in [1.54, 1.807) is 41.4 Å². The Bertz CT molecular complexity index is 1220. The molecule has 0 N–H and O–H groups in total. The molecule has 188 valence electrons. The van der Waals surface area contributed by atoms with Gasteiger partial charge in [0.2, 0.25) is 0 Å². The molecule has 0 aliphatic carbocycles. The molecule has 0 bridgehead atoms. The lowest BCUT2D eigenvalue weighted by atomic mass is 10.0. The van der Waals surface area contributed by atoms with E-state index >= 15 is 0 Å². The summed E-state index contributed by atoms with van der Waals surface area (Å²) in [6.07, 6.45) is -2.74. The molecule has 3 heterocycles. The minimum absolute atomic E-state index is 0.230. The van der Waals surface area contributed by atoms with Crippen LogP contribution < -0.4 is 9.80 Å². The van der Waals surface area contributed by atoms with Gasteiger partial charge in [-0.15, -0.1) is 0 Å². The number of aromatic nitrogens is 1. The number of hydrogen-bond donors (Lipinski definition) is 0. The number of pyridine rings is 1. The summed E-state index contributed by atoms with van der Waals surface area (Å²) in [5, 5.41) is 0.504. The number of carbonyl (C=O) groups excluding carboxylic acids is 1.